The van der Waals surface area contributed by atoms with Crippen molar-refractivity contribution < 1.29 is 32.2 Å². The Morgan fingerprint density at radius 1 is 1.00 bits per heavy atom. The predicted molar refractivity (Wildman–Crippen MR) is 123 cm³/mol. The number of halogens is 2. The lowest BCUT2D eigenvalue weighted by Gasteiger charge is -2.06. The van der Waals surface area contributed by atoms with E-state index in [1.54, 1.807) is 41.8 Å². The summed E-state index contributed by atoms with van der Waals surface area (Å²) >= 11 is 1.23. The molecule has 0 saturated carbocycles. The van der Waals surface area contributed by atoms with Crippen LogP contribution in [-0.2, 0) is 6.61 Å². The molecular formula is C24H20F2N2O5S. The first-order valence-corrected chi connectivity index (χ1v) is 11.1. The van der Waals surface area contributed by atoms with Gasteiger partial charge >= 0.3 is 6.61 Å². The van der Waals surface area contributed by atoms with E-state index in [4.69, 9.17) is 13.9 Å². The number of hydrogen-bond donors (Lipinski definition) is 1. The number of aromatic nitrogens is 1. The fourth-order valence-corrected chi connectivity index (χ4v) is 3.68. The van der Waals surface area contributed by atoms with Crippen molar-refractivity contribution in [1.82, 2.24) is 4.98 Å². The molecule has 1 N–H and O–H groups in total. The number of carbonyl (C=O) groups excluding carboxylic acids is 1. The largest absolute Gasteiger partial charge is 0.494 e. The molecule has 10 heteroatoms. The van der Waals surface area contributed by atoms with Gasteiger partial charge in [0, 0.05) is 10.9 Å². The van der Waals surface area contributed by atoms with Crippen LogP contribution in [0.4, 0.5) is 13.9 Å². The number of alkyl halides is 2. The van der Waals surface area contributed by atoms with Gasteiger partial charge in [0.1, 0.15) is 29.6 Å². The van der Waals surface area contributed by atoms with Gasteiger partial charge in [-0.2, -0.15) is 8.78 Å². The molecule has 0 saturated heterocycles. The van der Waals surface area contributed by atoms with Gasteiger partial charge in [-0.3, -0.25) is 10.1 Å². The third-order valence-electron chi connectivity index (χ3n) is 4.50. The summed E-state index contributed by atoms with van der Waals surface area (Å²) in [7, 11) is 0. The molecule has 0 fully saturated rings. The number of ether oxygens (including phenoxy) is 3. The fraction of sp³-hybridized carbons (Fsp3) is 0.167. The van der Waals surface area contributed by atoms with Crippen molar-refractivity contribution in [3.63, 3.8) is 0 Å². The summed E-state index contributed by atoms with van der Waals surface area (Å²) in [4.78, 5) is 16.9. The minimum atomic E-state index is -2.88. The van der Waals surface area contributed by atoms with Crippen LogP contribution in [0.1, 0.15) is 23.2 Å². The molecule has 1 amide bonds. The molecular weight excluding hydrogens is 466 g/mol. The van der Waals surface area contributed by atoms with Crippen molar-refractivity contribution in [3.05, 3.63) is 77.6 Å². The van der Waals surface area contributed by atoms with Crippen molar-refractivity contribution in [1.29, 1.82) is 0 Å². The van der Waals surface area contributed by atoms with Crippen LogP contribution in [0.2, 0.25) is 0 Å². The molecule has 2 aromatic carbocycles. The molecule has 176 valence electrons. The molecule has 0 aliphatic heterocycles. The minimum Gasteiger partial charge on any atom is -0.494 e. The Kier molecular flexibility index (Phi) is 7.38. The Morgan fingerprint density at radius 2 is 1.68 bits per heavy atom. The number of furan rings is 1. The van der Waals surface area contributed by atoms with Gasteiger partial charge in [0.2, 0.25) is 0 Å². The number of anilines is 1. The van der Waals surface area contributed by atoms with Crippen molar-refractivity contribution in [3.8, 4) is 28.5 Å². The number of amides is 1. The summed E-state index contributed by atoms with van der Waals surface area (Å²) in [5.74, 6) is 1.63. The Balaban J connectivity index is 1.32. The SMILES string of the molecule is CCOc1ccc(OCc2ccc(C(=O)Nc3nc(-c4ccc(OC(F)F)cc4)cs3)o2)cc1. The minimum absolute atomic E-state index is 0.0580. The number of benzene rings is 2. The Morgan fingerprint density at radius 3 is 2.35 bits per heavy atom. The van der Waals surface area contributed by atoms with E-state index < -0.39 is 12.5 Å². The lowest BCUT2D eigenvalue weighted by Crippen LogP contribution is -2.10. The molecule has 34 heavy (non-hydrogen) atoms. The predicted octanol–water partition coefficient (Wildman–Crippen LogP) is 6.23. The molecule has 0 bridgehead atoms. The highest BCUT2D eigenvalue weighted by atomic mass is 32.1. The van der Waals surface area contributed by atoms with Crippen LogP contribution in [0.5, 0.6) is 17.2 Å². The quantitative estimate of drug-likeness (QED) is 0.286. The topological polar surface area (TPSA) is 82.8 Å². The number of nitrogens with zero attached hydrogens (tertiary/aromatic N) is 1. The third-order valence-corrected chi connectivity index (χ3v) is 5.26. The van der Waals surface area contributed by atoms with Crippen LogP contribution in [0, 0.1) is 0 Å². The number of thiazole rings is 1. The van der Waals surface area contributed by atoms with Crippen molar-refractivity contribution in [2.75, 3.05) is 11.9 Å². The molecule has 2 aromatic heterocycles. The van der Waals surface area contributed by atoms with E-state index in [0.717, 1.165) is 5.75 Å². The van der Waals surface area contributed by atoms with E-state index in [2.05, 4.69) is 15.0 Å². The molecule has 4 aromatic rings. The maximum Gasteiger partial charge on any atom is 0.387 e. The van der Waals surface area contributed by atoms with Gasteiger partial charge in [-0.25, -0.2) is 4.98 Å². The van der Waals surface area contributed by atoms with Gasteiger partial charge in [0.15, 0.2) is 10.9 Å². The molecule has 0 unspecified atom stereocenters. The third kappa shape index (κ3) is 6.10. The first-order valence-electron chi connectivity index (χ1n) is 10.3. The zero-order valence-electron chi connectivity index (χ0n) is 18.0. The highest BCUT2D eigenvalue weighted by molar-refractivity contribution is 7.14. The van der Waals surface area contributed by atoms with E-state index in [0.29, 0.717) is 34.5 Å². The van der Waals surface area contributed by atoms with Gasteiger partial charge in [0.05, 0.1) is 12.3 Å². The summed E-state index contributed by atoms with van der Waals surface area (Å²) < 4.78 is 45.5. The molecule has 0 atom stereocenters. The van der Waals surface area contributed by atoms with Gasteiger partial charge < -0.3 is 18.6 Å². The average Bonchev–Trinajstić information content (AvgIpc) is 3.49. The van der Waals surface area contributed by atoms with Gasteiger partial charge in [-0.1, -0.05) is 0 Å². The van der Waals surface area contributed by atoms with Crippen LogP contribution >= 0.6 is 11.3 Å². The lowest BCUT2D eigenvalue weighted by molar-refractivity contribution is -0.0498. The first kappa shape index (κ1) is 23.2. The Labute approximate surface area is 197 Å². The smallest absolute Gasteiger partial charge is 0.387 e. The van der Waals surface area contributed by atoms with Crippen molar-refractivity contribution >= 4 is 22.4 Å². The van der Waals surface area contributed by atoms with Crippen LogP contribution in [0.25, 0.3) is 11.3 Å². The molecule has 7 nitrogen and oxygen atoms in total. The average molecular weight is 486 g/mol. The Bertz CT molecular complexity index is 1220. The second kappa shape index (κ2) is 10.8. The summed E-state index contributed by atoms with van der Waals surface area (Å²) in [6.45, 7) is -0.218. The zero-order valence-corrected chi connectivity index (χ0v) is 18.8. The lowest BCUT2D eigenvalue weighted by atomic mass is 10.2. The van der Waals surface area contributed by atoms with Gasteiger partial charge in [0.25, 0.3) is 5.91 Å². The molecule has 0 aliphatic rings. The summed E-state index contributed by atoms with van der Waals surface area (Å²) in [6.07, 6.45) is 0. The van der Waals surface area contributed by atoms with E-state index in [1.807, 2.05) is 19.1 Å². The molecule has 0 aliphatic carbocycles. The molecule has 0 radical (unpaired) electrons. The molecule has 0 spiro atoms. The van der Waals surface area contributed by atoms with Gasteiger partial charge in [-0.05, 0) is 67.6 Å². The number of rotatable bonds is 10. The van der Waals surface area contributed by atoms with Crippen LogP contribution < -0.4 is 19.5 Å². The number of hydrogen-bond acceptors (Lipinski definition) is 7. The normalized spacial score (nSPS) is 10.8. The van der Waals surface area contributed by atoms with Crippen LogP contribution in [0.3, 0.4) is 0 Å². The maximum absolute atomic E-state index is 12.5. The van der Waals surface area contributed by atoms with E-state index in [1.165, 1.54) is 23.5 Å². The van der Waals surface area contributed by atoms with E-state index in [-0.39, 0.29) is 18.1 Å². The zero-order chi connectivity index (χ0) is 23.9. The summed E-state index contributed by atoms with van der Waals surface area (Å²) in [5.41, 5.74) is 1.29. The van der Waals surface area contributed by atoms with Gasteiger partial charge in [-0.15, -0.1) is 11.3 Å². The highest BCUT2D eigenvalue weighted by Crippen LogP contribution is 2.27. The standard InChI is InChI=1S/C24H20F2N2O5S/c1-2-30-16-7-9-17(10-8-16)31-13-19-11-12-21(32-19)22(29)28-24-27-20(14-34-24)15-3-5-18(6-4-15)33-23(25)26/h3-12,14,23H,2,13H2,1H3,(H,27,28,29). The second-order valence-electron chi connectivity index (χ2n) is 6.85. The molecule has 2 heterocycles. The fourth-order valence-electron chi connectivity index (χ4n) is 2.96. The molecule has 4 rings (SSSR count). The summed E-state index contributed by atoms with van der Waals surface area (Å²) in [6, 6.07) is 16.5. The van der Waals surface area contributed by atoms with Crippen LogP contribution in [0.15, 0.2) is 70.5 Å². The first-order chi connectivity index (χ1) is 16.5. The summed E-state index contributed by atoms with van der Waals surface area (Å²) in [5, 5.41) is 4.81. The Hall–Kier alpha value is -3.92. The highest BCUT2D eigenvalue weighted by Gasteiger charge is 2.15. The number of carbonyl (C=O) groups is 1. The van der Waals surface area contributed by atoms with Crippen LogP contribution in [-0.4, -0.2) is 24.1 Å². The monoisotopic (exact) mass is 486 g/mol. The number of nitrogens with one attached hydrogen (secondary N) is 1. The van der Waals surface area contributed by atoms with Crippen molar-refractivity contribution in [2.45, 2.75) is 20.1 Å². The van der Waals surface area contributed by atoms with E-state index >= 15 is 0 Å². The van der Waals surface area contributed by atoms with E-state index in [9.17, 15) is 13.6 Å². The maximum atomic E-state index is 12.5. The second-order valence-corrected chi connectivity index (χ2v) is 7.71. The van der Waals surface area contributed by atoms with Crippen molar-refractivity contribution in [2.24, 2.45) is 0 Å².